The molecule has 1 aromatic heterocycles. The minimum atomic E-state index is -0.455. The molecule has 1 aromatic carbocycles. The number of nitrogens with one attached hydrogen (secondary N) is 2. The molecule has 0 radical (unpaired) electrons. The molecule has 0 aliphatic heterocycles. The van der Waals surface area contributed by atoms with Crippen molar-refractivity contribution in [2.24, 2.45) is 0 Å². The summed E-state index contributed by atoms with van der Waals surface area (Å²) in [5.74, 6) is -0.753. The molecule has 6 heteroatoms. The number of H-pyrrole nitrogens is 1. The molecule has 0 aliphatic rings. The molecule has 0 fully saturated rings. The molecule has 21 heavy (non-hydrogen) atoms. The van der Waals surface area contributed by atoms with Crippen LogP contribution in [0.5, 0.6) is 0 Å². The van der Waals surface area contributed by atoms with Crippen molar-refractivity contribution in [3.63, 3.8) is 0 Å². The molecular weight excluding hydrogens is 336 g/mol. The zero-order valence-corrected chi connectivity index (χ0v) is 13.5. The van der Waals surface area contributed by atoms with Crippen molar-refractivity contribution in [2.75, 3.05) is 12.4 Å². The fourth-order valence-corrected chi connectivity index (χ4v) is 2.38. The first-order chi connectivity index (χ1) is 9.93. The molecule has 0 unspecified atom stereocenters. The summed E-state index contributed by atoms with van der Waals surface area (Å²) in [5, 5.41) is 2.78. The molecule has 2 aromatic rings. The van der Waals surface area contributed by atoms with Crippen LogP contribution in [0, 0.1) is 13.8 Å². The van der Waals surface area contributed by atoms with Gasteiger partial charge in [0.15, 0.2) is 0 Å². The van der Waals surface area contributed by atoms with Crippen molar-refractivity contribution in [1.82, 2.24) is 4.98 Å². The van der Waals surface area contributed by atoms with Crippen LogP contribution in [0.4, 0.5) is 5.69 Å². The standard InChI is InChI=1S/C15H15BrN2O3/c1-8-12(15(20)21-3)9(2)17-13(8)14(19)18-11-6-4-10(16)5-7-11/h4-7,17H,1-3H3,(H,18,19). The van der Waals surface area contributed by atoms with E-state index in [0.29, 0.717) is 28.2 Å². The Morgan fingerprint density at radius 3 is 2.38 bits per heavy atom. The Morgan fingerprint density at radius 2 is 1.81 bits per heavy atom. The summed E-state index contributed by atoms with van der Waals surface area (Å²) in [4.78, 5) is 26.9. The number of anilines is 1. The van der Waals surface area contributed by atoms with Gasteiger partial charge in [0.25, 0.3) is 5.91 Å². The van der Waals surface area contributed by atoms with E-state index in [-0.39, 0.29) is 5.91 Å². The smallest absolute Gasteiger partial charge is 0.339 e. The van der Waals surface area contributed by atoms with Gasteiger partial charge in [0, 0.05) is 15.9 Å². The van der Waals surface area contributed by atoms with Gasteiger partial charge in [-0.1, -0.05) is 15.9 Å². The van der Waals surface area contributed by atoms with Crippen molar-refractivity contribution in [1.29, 1.82) is 0 Å². The van der Waals surface area contributed by atoms with Crippen LogP contribution in [0.15, 0.2) is 28.7 Å². The van der Waals surface area contributed by atoms with E-state index in [1.807, 2.05) is 12.1 Å². The van der Waals surface area contributed by atoms with E-state index in [4.69, 9.17) is 4.74 Å². The van der Waals surface area contributed by atoms with Crippen molar-refractivity contribution < 1.29 is 14.3 Å². The van der Waals surface area contributed by atoms with Crippen molar-refractivity contribution >= 4 is 33.5 Å². The summed E-state index contributed by atoms with van der Waals surface area (Å²) in [6.07, 6.45) is 0. The fraction of sp³-hybridized carbons (Fsp3) is 0.200. The summed E-state index contributed by atoms with van der Waals surface area (Å²) in [6, 6.07) is 7.24. The molecule has 5 nitrogen and oxygen atoms in total. The summed E-state index contributed by atoms with van der Waals surface area (Å²) in [7, 11) is 1.32. The lowest BCUT2D eigenvalue weighted by Gasteiger charge is -2.05. The highest BCUT2D eigenvalue weighted by Crippen LogP contribution is 2.20. The Hall–Kier alpha value is -2.08. The van der Waals surface area contributed by atoms with E-state index in [1.54, 1.807) is 26.0 Å². The van der Waals surface area contributed by atoms with Crippen LogP contribution >= 0.6 is 15.9 Å². The third-order valence-corrected chi connectivity index (χ3v) is 3.68. The summed E-state index contributed by atoms with van der Waals surface area (Å²) in [5.41, 5.74) is 2.62. The second kappa shape index (κ2) is 6.13. The van der Waals surface area contributed by atoms with Crippen molar-refractivity contribution in [2.45, 2.75) is 13.8 Å². The second-order valence-corrected chi connectivity index (χ2v) is 5.49. The average molecular weight is 351 g/mol. The number of amides is 1. The number of hydrogen-bond acceptors (Lipinski definition) is 3. The van der Waals surface area contributed by atoms with Crippen molar-refractivity contribution in [3.05, 3.63) is 51.3 Å². The quantitative estimate of drug-likeness (QED) is 0.833. The first-order valence-electron chi connectivity index (χ1n) is 6.28. The van der Waals surface area contributed by atoms with Crippen LogP contribution in [-0.4, -0.2) is 24.0 Å². The number of aryl methyl sites for hydroxylation is 1. The predicted molar refractivity (Wildman–Crippen MR) is 83.7 cm³/mol. The SMILES string of the molecule is COC(=O)c1c(C)[nH]c(C(=O)Nc2ccc(Br)cc2)c1C. The lowest BCUT2D eigenvalue weighted by atomic mass is 10.1. The highest BCUT2D eigenvalue weighted by Gasteiger charge is 2.22. The number of rotatable bonds is 3. The zero-order chi connectivity index (χ0) is 15.6. The second-order valence-electron chi connectivity index (χ2n) is 4.58. The van der Waals surface area contributed by atoms with Gasteiger partial charge in [-0.3, -0.25) is 4.79 Å². The maximum atomic E-state index is 12.3. The Kier molecular flexibility index (Phi) is 4.47. The normalized spacial score (nSPS) is 10.3. The Balaban J connectivity index is 2.28. The zero-order valence-electron chi connectivity index (χ0n) is 11.9. The minimum absolute atomic E-state index is 0.298. The average Bonchev–Trinajstić information content (AvgIpc) is 2.76. The van der Waals surface area contributed by atoms with E-state index >= 15 is 0 Å². The maximum Gasteiger partial charge on any atom is 0.339 e. The van der Waals surface area contributed by atoms with Gasteiger partial charge in [-0.25, -0.2) is 4.79 Å². The molecule has 0 bridgehead atoms. The molecule has 2 N–H and O–H groups in total. The van der Waals surface area contributed by atoms with Gasteiger partial charge in [-0.05, 0) is 43.7 Å². The van der Waals surface area contributed by atoms with E-state index in [0.717, 1.165) is 4.47 Å². The number of aromatic nitrogens is 1. The van der Waals surface area contributed by atoms with Gasteiger partial charge in [0.2, 0.25) is 0 Å². The number of carbonyl (C=O) groups excluding carboxylic acids is 2. The largest absolute Gasteiger partial charge is 0.465 e. The lowest BCUT2D eigenvalue weighted by Crippen LogP contribution is -2.14. The van der Waals surface area contributed by atoms with Crippen LogP contribution in [0.1, 0.15) is 32.1 Å². The summed E-state index contributed by atoms with van der Waals surface area (Å²) in [6.45, 7) is 3.45. The Labute approximate surface area is 130 Å². The maximum absolute atomic E-state index is 12.3. The lowest BCUT2D eigenvalue weighted by molar-refractivity contribution is 0.0599. The molecule has 0 aliphatic carbocycles. The van der Waals surface area contributed by atoms with Crippen LogP contribution in [0.3, 0.4) is 0 Å². The van der Waals surface area contributed by atoms with Gasteiger partial charge in [0.05, 0.1) is 12.7 Å². The molecular formula is C15H15BrN2O3. The summed E-state index contributed by atoms with van der Waals surface area (Å²) < 4.78 is 5.66. The Bertz CT molecular complexity index is 690. The van der Waals surface area contributed by atoms with Gasteiger partial charge in [0.1, 0.15) is 5.69 Å². The fourth-order valence-electron chi connectivity index (χ4n) is 2.11. The predicted octanol–water partition coefficient (Wildman–Crippen LogP) is 3.43. The van der Waals surface area contributed by atoms with E-state index < -0.39 is 5.97 Å². The van der Waals surface area contributed by atoms with Crippen LogP contribution in [0.25, 0.3) is 0 Å². The van der Waals surface area contributed by atoms with Gasteiger partial charge in [-0.2, -0.15) is 0 Å². The number of halogens is 1. The van der Waals surface area contributed by atoms with Crippen LogP contribution in [-0.2, 0) is 4.74 Å². The molecule has 0 spiro atoms. The number of esters is 1. The third kappa shape index (κ3) is 3.16. The number of carbonyl (C=O) groups is 2. The molecule has 0 atom stereocenters. The molecule has 1 amide bonds. The highest BCUT2D eigenvalue weighted by atomic mass is 79.9. The number of aromatic amines is 1. The van der Waals surface area contributed by atoms with E-state index in [1.165, 1.54) is 7.11 Å². The number of ether oxygens (including phenoxy) is 1. The monoisotopic (exact) mass is 350 g/mol. The van der Waals surface area contributed by atoms with Crippen LogP contribution in [0.2, 0.25) is 0 Å². The van der Waals surface area contributed by atoms with Gasteiger partial charge < -0.3 is 15.0 Å². The third-order valence-electron chi connectivity index (χ3n) is 3.16. The molecule has 0 saturated heterocycles. The minimum Gasteiger partial charge on any atom is -0.465 e. The molecule has 2 rings (SSSR count). The summed E-state index contributed by atoms with van der Waals surface area (Å²) >= 11 is 3.33. The number of methoxy groups -OCH3 is 1. The topological polar surface area (TPSA) is 71.2 Å². The number of hydrogen-bond donors (Lipinski definition) is 2. The van der Waals surface area contributed by atoms with Crippen molar-refractivity contribution in [3.8, 4) is 0 Å². The van der Waals surface area contributed by atoms with E-state index in [9.17, 15) is 9.59 Å². The highest BCUT2D eigenvalue weighted by molar-refractivity contribution is 9.10. The number of benzene rings is 1. The molecule has 110 valence electrons. The van der Waals surface area contributed by atoms with Crippen LogP contribution < -0.4 is 5.32 Å². The molecule has 1 heterocycles. The van der Waals surface area contributed by atoms with Gasteiger partial charge in [-0.15, -0.1) is 0 Å². The van der Waals surface area contributed by atoms with E-state index in [2.05, 4.69) is 26.2 Å². The Morgan fingerprint density at radius 1 is 1.19 bits per heavy atom. The van der Waals surface area contributed by atoms with Gasteiger partial charge >= 0.3 is 5.97 Å². The first-order valence-corrected chi connectivity index (χ1v) is 7.07. The molecule has 0 saturated carbocycles. The first kappa shape index (κ1) is 15.3.